The lowest BCUT2D eigenvalue weighted by Gasteiger charge is -2.15. The predicted octanol–water partition coefficient (Wildman–Crippen LogP) is 2.03. The van der Waals surface area contributed by atoms with E-state index in [1.165, 1.54) is 6.33 Å². The second-order valence-corrected chi connectivity index (χ2v) is 5.16. The summed E-state index contributed by atoms with van der Waals surface area (Å²) in [6, 6.07) is 5.52. The summed E-state index contributed by atoms with van der Waals surface area (Å²) in [7, 11) is 0. The molecule has 1 aromatic carbocycles. The number of benzene rings is 1. The number of anilines is 2. The first kappa shape index (κ1) is 13.5. The highest BCUT2D eigenvalue weighted by molar-refractivity contribution is 5.90. The summed E-state index contributed by atoms with van der Waals surface area (Å²) >= 11 is 0. The minimum Gasteiger partial charge on any atom is -0.399 e. The molecule has 102 valence electrons. The molecule has 2 aromatic rings. The van der Waals surface area contributed by atoms with E-state index in [9.17, 15) is 5.11 Å². The van der Waals surface area contributed by atoms with E-state index in [1.807, 2.05) is 18.2 Å². The van der Waals surface area contributed by atoms with Gasteiger partial charge in [-0.1, -0.05) is 13.8 Å². The van der Waals surface area contributed by atoms with Crippen molar-refractivity contribution in [3.8, 4) is 0 Å². The Morgan fingerprint density at radius 2 is 2.11 bits per heavy atom. The van der Waals surface area contributed by atoms with Crippen LogP contribution in [0, 0.1) is 5.92 Å². The highest BCUT2D eigenvalue weighted by Gasteiger charge is 2.09. The monoisotopic (exact) mass is 260 g/mol. The van der Waals surface area contributed by atoms with Gasteiger partial charge in [-0.15, -0.1) is 0 Å². The summed E-state index contributed by atoms with van der Waals surface area (Å²) in [5, 5.41) is 14.0. The van der Waals surface area contributed by atoms with Crippen LogP contribution < -0.4 is 11.1 Å². The Morgan fingerprint density at radius 3 is 2.84 bits per heavy atom. The molecule has 0 aliphatic heterocycles. The van der Waals surface area contributed by atoms with E-state index in [0.717, 1.165) is 23.1 Å². The van der Waals surface area contributed by atoms with Gasteiger partial charge in [0.2, 0.25) is 0 Å². The first-order valence-electron chi connectivity index (χ1n) is 6.48. The first-order chi connectivity index (χ1) is 9.06. The van der Waals surface area contributed by atoms with Gasteiger partial charge in [0.1, 0.15) is 12.1 Å². The molecular weight excluding hydrogens is 240 g/mol. The van der Waals surface area contributed by atoms with Crippen molar-refractivity contribution in [1.29, 1.82) is 0 Å². The van der Waals surface area contributed by atoms with E-state index in [-0.39, 0.29) is 6.10 Å². The second-order valence-electron chi connectivity index (χ2n) is 5.16. The van der Waals surface area contributed by atoms with Gasteiger partial charge >= 0.3 is 0 Å². The molecule has 1 heterocycles. The summed E-state index contributed by atoms with van der Waals surface area (Å²) < 4.78 is 0. The van der Waals surface area contributed by atoms with Crippen LogP contribution >= 0.6 is 0 Å². The highest BCUT2D eigenvalue weighted by atomic mass is 16.3. The van der Waals surface area contributed by atoms with Gasteiger partial charge in [-0.3, -0.25) is 0 Å². The first-order valence-corrected chi connectivity index (χ1v) is 6.48. The third-order valence-corrected chi connectivity index (χ3v) is 2.91. The SMILES string of the molecule is CC(C)CC(O)CNc1ncnc2cc(N)ccc12. The van der Waals surface area contributed by atoms with Crippen LogP contribution in [0.25, 0.3) is 10.9 Å². The minimum atomic E-state index is -0.376. The van der Waals surface area contributed by atoms with Crippen LogP contribution in [0.2, 0.25) is 0 Å². The van der Waals surface area contributed by atoms with Crippen molar-refractivity contribution in [3.63, 3.8) is 0 Å². The van der Waals surface area contributed by atoms with E-state index in [1.54, 1.807) is 0 Å². The van der Waals surface area contributed by atoms with Crippen LogP contribution in [0.5, 0.6) is 0 Å². The highest BCUT2D eigenvalue weighted by Crippen LogP contribution is 2.21. The molecule has 5 nitrogen and oxygen atoms in total. The molecule has 1 atom stereocenters. The molecular formula is C14H20N4O. The van der Waals surface area contributed by atoms with Gasteiger partial charge < -0.3 is 16.2 Å². The van der Waals surface area contributed by atoms with Crippen LogP contribution in [0.3, 0.4) is 0 Å². The number of hydrogen-bond donors (Lipinski definition) is 3. The Hall–Kier alpha value is -1.88. The lowest BCUT2D eigenvalue weighted by atomic mass is 10.1. The molecule has 0 bridgehead atoms. The molecule has 2 rings (SSSR count). The van der Waals surface area contributed by atoms with Crippen molar-refractivity contribution >= 4 is 22.4 Å². The Balaban J connectivity index is 2.12. The Labute approximate surface area is 112 Å². The number of nitrogen functional groups attached to an aromatic ring is 1. The summed E-state index contributed by atoms with van der Waals surface area (Å²) in [6.07, 6.45) is 1.89. The van der Waals surface area contributed by atoms with Crippen molar-refractivity contribution in [2.24, 2.45) is 5.92 Å². The van der Waals surface area contributed by atoms with Crippen LogP contribution in [0.15, 0.2) is 24.5 Å². The largest absolute Gasteiger partial charge is 0.399 e. The van der Waals surface area contributed by atoms with Crippen molar-refractivity contribution in [1.82, 2.24) is 9.97 Å². The summed E-state index contributed by atoms with van der Waals surface area (Å²) in [6.45, 7) is 4.66. The molecule has 0 fully saturated rings. The third-order valence-electron chi connectivity index (χ3n) is 2.91. The van der Waals surface area contributed by atoms with Crippen molar-refractivity contribution in [2.45, 2.75) is 26.4 Å². The molecule has 0 saturated heterocycles. The topological polar surface area (TPSA) is 84.1 Å². The molecule has 1 unspecified atom stereocenters. The molecule has 4 N–H and O–H groups in total. The predicted molar refractivity (Wildman–Crippen MR) is 77.9 cm³/mol. The zero-order chi connectivity index (χ0) is 13.8. The number of aromatic nitrogens is 2. The molecule has 0 radical (unpaired) electrons. The number of aliphatic hydroxyl groups excluding tert-OH is 1. The molecule has 19 heavy (non-hydrogen) atoms. The normalized spacial score (nSPS) is 12.8. The fourth-order valence-corrected chi connectivity index (χ4v) is 2.06. The number of aliphatic hydroxyl groups is 1. The quantitative estimate of drug-likeness (QED) is 0.716. The van der Waals surface area contributed by atoms with Crippen LogP contribution in [0.4, 0.5) is 11.5 Å². The van der Waals surface area contributed by atoms with E-state index < -0.39 is 0 Å². The number of nitrogens with one attached hydrogen (secondary N) is 1. The van der Waals surface area contributed by atoms with Crippen molar-refractivity contribution in [2.75, 3.05) is 17.6 Å². The maximum Gasteiger partial charge on any atom is 0.137 e. The number of fused-ring (bicyclic) bond motifs is 1. The van der Waals surface area contributed by atoms with Gasteiger partial charge in [0.15, 0.2) is 0 Å². The molecule has 0 aliphatic carbocycles. The van der Waals surface area contributed by atoms with Crippen molar-refractivity contribution < 1.29 is 5.11 Å². The summed E-state index contributed by atoms with van der Waals surface area (Å²) in [5.74, 6) is 1.20. The van der Waals surface area contributed by atoms with E-state index in [4.69, 9.17) is 5.73 Å². The Morgan fingerprint density at radius 1 is 1.32 bits per heavy atom. The Bertz CT molecular complexity index is 556. The number of rotatable bonds is 5. The lowest BCUT2D eigenvalue weighted by molar-refractivity contribution is 0.161. The maximum atomic E-state index is 9.87. The van der Waals surface area contributed by atoms with E-state index in [2.05, 4.69) is 29.1 Å². The molecule has 0 spiro atoms. The number of nitrogens with two attached hydrogens (primary N) is 1. The Kier molecular flexibility index (Phi) is 4.16. The summed E-state index contributed by atoms with van der Waals surface area (Å²) in [4.78, 5) is 8.40. The van der Waals surface area contributed by atoms with Crippen LogP contribution in [0.1, 0.15) is 20.3 Å². The molecule has 0 aliphatic rings. The van der Waals surface area contributed by atoms with E-state index >= 15 is 0 Å². The summed E-state index contributed by atoms with van der Waals surface area (Å²) in [5.41, 5.74) is 7.21. The lowest BCUT2D eigenvalue weighted by Crippen LogP contribution is -2.21. The van der Waals surface area contributed by atoms with Gasteiger partial charge in [-0.05, 0) is 30.5 Å². The molecule has 5 heteroatoms. The van der Waals surface area contributed by atoms with Crippen molar-refractivity contribution in [3.05, 3.63) is 24.5 Å². The zero-order valence-corrected chi connectivity index (χ0v) is 11.3. The maximum absolute atomic E-state index is 9.87. The molecule has 1 aromatic heterocycles. The van der Waals surface area contributed by atoms with Crippen LogP contribution in [-0.2, 0) is 0 Å². The number of hydrogen-bond acceptors (Lipinski definition) is 5. The number of nitrogens with zero attached hydrogens (tertiary/aromatic N) is 2. The second kappa shape index (κ2) is 5.84. The van der Waals surface area contributed by atoms with Crippen LogP contribution in [-0.4, -0.2) is 27.7 Å². The van der Waals surface area contributed by atoms with Gasteiger partial charge in [0, 0.05) is 17.6 Å². The van der Waals surface area contributed by atoms with Gasteiger partial charge in [-0.2, -0.15) is 0 Å². The standard InChI is InChI=1S/C14H20N4O/c1-9(2)5-11(19)7-16-14-12-4-3-10(15)6-13(12)17-8-18-14/h3-4,6,8-9,11,19H,5,7,15H2,1-2H3,(H,16,17,18). The fourth-order valence-electron chi connectivity index (χ4n) is 2.06. The average molecular weight is 260 g/mol. The molecule has 0 amide bonds. The van der Waals surface area contributed by atoms with Gasteiger partial charge in [0.25, 0.3) is 0 Å². The van der Waals surface area contributed by atoms with Gasteiger partial charge in [0.05, 0.1) is 11.6 Å². The zero-order valence-electron chi connectivity index (χ0n) is 11.3. The average Bonchev–Trinajstić information content (AvgIpc) is 2.35. The smallest absolute Gasteiger partial charge is 0.137 e. The fraction of sp³-hybridized carbons (Fsp3) is 0.429. The van der Waals surface area contributed by atoms with Gasteiger partial charge in [-0.25, -0.2) is 9.97 Å². The molecule has 0 saturated carbocycles. The van der Waals surface area contributed by atoms with E-state index in [0.29, 0.717) is 18.2 Å². The third kappa shape index (κ3) is 3.54. The minimum absolute atomic E-state index is 0.376.